The van der Waals surface area contributed by atoms with Crippen LogP contribution in [0.15, 0.2) is 34.9 Å². The van der Waals surface area contributed by atoms with Crippen LogP contribution in [0.4, 0.5) is 11.4 Å². The first-order valence-electron chi connectivity index (χ1n) is 6.66. The van der Waals surface area contributed by atoms with E-state index in [1.807, 2.05) is 0 Å². The normalized spacial score (nSPS) is 9.92. The van der Waals surface area contributed by atoms with Gasteiger partial charge in [-0.3, -0.25) is 25.8 Å². The summed E-state index contributed by atoms with van der Waals surface area (Å²) in [6.45, 7) is 1.66. The molecule has 0 unspecified atom stereocenters. The molecule has 1 aromatic heterocycles. The maximum absolute atomic E-state index is 11.9. The number of anilines is 1. The number of furan rings is 1. The zero-order valence-corrected chi connectivity index (χ0v) is 13.6. The molecule has 0 aliphatic rings. The van der Waals surface area contributed by atoms with Crippen molar-refractivity contribution in [2.24, 2.45) is 0 Å². The molecule has 0 aliphatic heterocycles. The van der Waals surface area contributed by atoms with Crippen molar-refractivity contribution in [3.63, 3.8) is 0 Å². The van der Waals surface area contributed by atoms with Gasteiger partial charge in [-0.15, -0.1) is 0 Å². The summed E-state index contributed by atoms with van der Waals surface area (Å²) < 4.78 is 10.1. The Bertz CT molecular complexity index is 789. The summed E-state index contributed by atoms with van der Waals surface area (Å²) in [5.74, 6) is 0.302. The van der Waals surface area contributed by atoms with Crippen molar-refractivity contribution >= 4 is 34.6 Å². The molecule has 0 bridgehead atoms. The van der Waals surface area contributed by atoms with Crippen LogP contribution in [0.2, 0.25) is 0 Å². The molecule has 24 heavy (non-hydrogen) atoms. The van der Waals surface area contributed by atoms with Crippen molar-refractivity contribution in [1.82, 2.24) is 10.9 Å². The number of rotatable bonds is 4. The number of carbonyl (C=O) groups excluding carboxylic acids is 1. The van der Waals surface area contributed by atoms with Crippen LogP contribution in [0.25, 0.3) is 0 Å². The fourth-order valence-electron chi connectivity index (χ4n) is 1.85. The highest BCUT2D eigenvalue weighted by Crippen LogP contribution is 2.28. The van der Waals surface area contributed by atoms with Crippen molar-refractivity contribution in [2.75, 3.05) is 12.4 Å². The van der Waals surface area contributed by atoms with Gasteiger partial charge in [0, 0.05) is 6.07 Å². The average Bonchev–Trinajstić information content (AvgIpc) is 2.99. The summed E-state index contributed by atoms with van der Waals surface area (Å²) in [6, 6.07) is 5.55. The van der Waals surface area contributed by atoms with Crippen molar-refractivity contribution in [2.45, 2.75) is 6.92 Å². The number of carbonyl (C=O) groups is 1. The molecule has 1 aromatic carbocycles. The van der Waals surface area contributed by atoms with Crippen molar-refractivity contribution in [3.05, 3.63) is 52.0 Å². The minimum atomic E-state index is -0.531. The average molecular weight is 350 g/mol. The zero-order chi connectivity index (χ0) is 17.7. The first-order chi connectivity index (χ1) is 11.4. The van der Waals surface area contributed by atoms with E-state index in [4.69, 9.17) is 21.4 Å². The lowest BCUT2D eigenvalue weighted by Crippen LogP contribution is -2.43. The quantitative estimate of drug-likeness (QED) is 0.436. The Morgan fingerprint density at radius 3 is 2.67 bits per heavy atom. The van der Waals surface area contributed by atoms with Gasteiger partial charge in [0.1, 0.15) is 11.5 Å². The molecule has 0 fully saturated rings. The van der Waals surface area contributed by atoms with Crippen molar-refractivity contribution < 1.29 is 18.9 Å². The molecular weight excluding hydrogens is 336 g/mol. The number of amides is 1. The lowest BCUT2D eigenvalue weighted by atomic mass is 10.2. The maximum atomic E-state index is 11.9. The number of nitro benzene ring substituents is 1. The molecule has 0 atom stereocenters. The summed E-state index contributed by atoms with van der Waals surface area (Å²) in [7, 11) is 1.38. The van der Waals surface area contributed by atoms with E-state index in [0.29, 0.717) is 17.0 Å². The minimum Gasteiger partial charge on any atom is -0.494 e. The topological polar surface area (TPSA) is 119 Å². The predicted molar refractivity (Wildman–Crippen MR) is 89.9 cm³/mol. The SMILES string of the molecule is COc1cc([N+](=O)[O-])ccc1NC(=S)NNC(=O)c1ccoc1C. The standard InChI is InChI=1S/C14H14N4O5S/c1-8-10(5-6-23-8)13(19)16-17-14(24)15-11-4-3-9(18(20)21)7-12(11)22-2/h3-7H,1-2H3,(H,16,19)(H2,15,17,24). The largest absolute Gasteiger partial charge is 0.494 e. The smallest absolute Gasteiger partial charge is 0.273 e. The summed E-state index contributed by atoms with van der Waals surface area (Å²) in [4.78, 5) is 22.1. The molecule has 0 spiro atoms. The van der Waals surface area contributed by atoms with Gasteiger partial charge in [-0.2, -0.15) is 0 Å². The molecule has 2 aromatic rings. The highest BCUT2D eigenvalue weighted by molar-refractivity contribution is 7.80. The van der Waals surface area contributed by atoms with Crippen LogP contribution in [0.5, 0.6) is 5.75 Å². The molecule has 0 saturated carbocycles. The molecule has 0 saturated heterocycles. The summed E-state index contributed by atoms with van der Waals surface area (Å²) >= 11 is 5.06. The Hall–Kier alpha value is -3.14. The third kappa shape index (κ3) is 3.98. The van der Waals surface area contributed by atoms with Gasteiger partial charge in [-0.05, 0) is 31.3 Å². The van der Waals surface area contributed by atoms with Gasteiger partial charge < -0.3 is 14.5 Å². The van der Waals surface area contributed by atoms with E-state index in [0.717, 1.165) is 0 Å². The second kappa shape index (κ2) is 7.42. The number of thiocarbonyl (C=S) groups is 1. The molecule has 10 heteroatoms. The van der Waals surface area contributed by atoms with Crippen LogP contribution in [0, 0.1) is 17.0 Å². The van der Waals surface area contributed by atoms with E-state index in [1.165, 1.54) is 37.6 Å². The fourth-order valence-corrected chi connectivity index (χ4v) is 2.01. The Morgan fingerprint density at radius 2 is 2.08 bits per heavy atom. The number of nitro groups is 1. The summed E-state index contributed by atoms with van der Waals surface area (Å²) in [5.41, 5.74) is 5.61. The minimum absolute atomic E-state index is 0.0802. The highest BCUT2D eigenvalue weighted by atomic mass is 32.1. The maximum Gasteiger partial charge on any atom is 0.273 e. The number of hydrogen-bond donors (Lipinski definition) is 3. The van der Waals surface area contributed by atoms with E-state index >= 15 is 0 Å². The monoisotopic (exact) mass is 350 g/mol. The van der Waals surface area contributed by atoms with Crippen LogP contribution in [0.3, 0.4) is 0 Å². The molecule has 0 aliphatic carbocycles. The summed E-state index contributed by atoms with van der Waals surface area (Å²) in [6.07, 6.45) is 1.41. The fraction of sp³-hybridized carbons (Fsp3) is 0.143. The number of non-ortho nitro benzene ring substituents is 1. The first kappa shape index (κ1) is 17.2. The summed E-state index contributed by atoms with van der Waals surface area (Å²) in [5, 5.41) is 13.6. The third-order valence-electron chi connectivity index (χ3n) is 3.04. The third-order valence-corrected chi connectivity index (χ3v) is 3.24. The zero-order valence-electron chi connectivity index (χ0n) is 12.8. The molecule has 1 heterocycles. The van der Waals surface area contributed by atoms with Gasteiger partial charge in [0.15, 0.2) is 5.11 Å². The van der Waals surface area contributed by atoms with Gasteiger partial charge in [-0.25, -0.2) is 0 Å². The molecule has 3 N–H and O–H groups in total. The van der Waals surface area contributed by atoms with Gasteiger partial charge in [-0.1, -0.05) is 0 Å². The van der Waals surface area contributed by atoms with Crippen LogP contribution in [-0.2, 0) is 0 Å². The first-order valence-corrected chi connectivity index (χ1v) is 7.07. The lowest BCUT2D eigenvalue weighted by molar-refractivity contribution is -0.384. The Morgan fingerprint density at radius 1 is 1.33 bits per heavy atom. The molecule has 9 nitrogen and oxygen atoms in total. The lowest BCUT2D eigenvalue weighted by Gasteiger charge is -2.13. The molecule has 126 valence electrons. The predicted octanol–water partition coefficient (Wildman–Crippen LogP) is 2.14. The number of aryl methyl sites for hydroxylation is 1. The van der Waals surface area contributed by atoms with Crippen LogP contribution in [-0.4, -0.2) is 23.1 Å². The van der Waals surface area contributed by atoms with Crippen LogP contribution in [0.1, 0.15) is 16.1 Å². The van der Waals surface area contributed by atoms with Gasteiger partial charge in [0.2, 0.25) is 0 Å². The molecule has 1 amide bonds. The molecular formula is C14H14N4O5S. The number of ether oxygens (including phenoxy) is 1. The van der Waals surface area contributed by atoms with Gasteiger partial charge >= 0.3 is 0 Å². The molecule has 2 rings (SSSR count). The van der Waals surface area contributed by atoms with E-state index < -0.39 is 10.8 Å². The van der Waals surface area contributed by atoms with E-state index in [-0.39, 0.29) is 16.5 Å². The van der Waals surface area contributed by atoms with E-state index in [9.17, 15) is 14.9 Å². The number of benzene rings is 1. The van der Waals surface area contributed by atoms with E-state index in [2.05, 4.69) is 16.2 Å². The molecule has 0 radical (unpaired) electrons. The van der Waals surface area contributed by atoms with Crippen molar-refractivity contribution in [1.29, 1.82) is 0 Å². The highest BCUT2D eigenvalue weighted by Gasteiger charge is 2.14. The number of hydrazine groups is 1. The Balaban J connectivity index is 1.98. The Labute approximate surface area is 142 Å². The number of hydrogen-bond acceptors (Lipinski definition) is 6. The number of methoxy groups -OCH3 is 1. The Kier molecular flexibility index (Phi) is 5.32. The number of nitrogens with zero attached hydrogens (tertiary/aromatic N) is 1. The van der Waals surface area contributed by atoms with Gasteiger partial charge in [0.25, 0.3) is 11.6 Å². The number of nitrogens with one attached hydrogen (secondary N) is 3. The van der Waals surface area contributed by atoms with Crippen LogP contribution < -0.4 is 20.9 Å². The van der Waals surface area contributed by atoms with Gasteiger partial charge in [0.05, 0.1) is 35.6 Å². The van der Waals surface area contributed by atoms with Crippen LogP contribution >= 0.6 is 12.2 Å². The van der Waals surface area contributed by atoms with Crippen molar-refractivity contribution in [3.8, 4) is 5.75 Å². The van der Waals surface area contributed by atoms with E-state index in [1.54, 1.807) is 6.92 Å². The second-order valence-electron chi connectivity index (χ2n) is 4.57. The second-order valence-corrected chi connectivity index (χ2v) is 4.97.